The highest BCUT2D eigenvalue weighted by molar-refractivity contribution is 5.56. The van der Waals surface area contributed by atoms with Gasteiger partial charge < -0.3 is 10.5 Å². The Morgan fingerprint density at radius 2 is 1.89 bits per heavy atom. The smallest absolute Gasteiger partial charge is 0.142 e. The summed E-state index contributed by atoms with van der Waals surface area (Å²) in [4.78, 5) is 0. The number of nitriles is 1. The highest BCUT2D eigenvalue weighted by Crippen LogP contribution is 2.23. The summed E-state index contributed by atoms with van der Waals surface area (Å²) in [5.74, 6) is 0.609. The molecule has 0 unspecified atom stereocenters. The number of hydrogen-bond acceptors (Lipinski definition) is 3. The largest absolute Gasteiger partial charge is 0.487 e. The minimum absolute atomic E-state index is 0.469. The van der Waals surface area contributed by atoms with Crippen LogP contribution in [0.15, 0.2) is 36.4 Å². The van der Waals surface area contributed by atoms with Crippen molar-refractivity contribution in [2.75, 3.05) is 5.73 Å². The highest BCUT2D eigenvalue weighted by Gasteiger charge is 2.03. The molecule has 2 rings (SSSR count). The van der Waals surface area contributed by atoms with Crippen molar-refractivity contribution in [3.8, 4) is 11.8 Å². The standard InChI is InChI=1S/C16H16N2O/c1-11-3-4-14(7-12(11)2)10-19-16-6-5-13(9-17)8-15(16)18/h3-8H,10,18H2,1-2H3. The van der Waals surface area contributed by atoms with Crippen molar-refractivity contribution in [1.29, 1.82) is 5.26 Å². The highest BCUT2D eigenvalue weighted by atomic mass is 16.5. The third-order valence-corrected chi connectivity index (χ3v) is 3.10. The van der Waals surface area contributed by atoms with Crippen LogP contribution in [0.1, 0.15) is 22.3 Å². The molecule has 3 heteroatoms. The third-order valence-electron chi connectivity index (χ3n) is 3.10. The Hall–Kier alpha value is -2.47. The Kier molecular flexibility index (Phi) is 3.72. The van der Waals surface area contributed by atoms with Crippen LogP contribution in [0.3, 0.4) is 0 Å². The van der Waals surface area contributed by atoms with Gasteiger partial charge in [-0.25, -0.2) is 0 Å². The van der Waals surface area contributed by atoms with E-state index in [1.54, 1.807) is 18.2 Å². The topological polar surface area (TPSA) is 59.0 Å². The number of hydrogen-bond donors (Lipinski definition) is 1. The summed E-state index contributed by atoms with van der Waals surface area (Å²) >= 11 is 0. The average Bonchev–Trinajstić information content (AvgIpc) is 2.41. The second-order valence-electron chi connectivity index (χ2n) is 4.57. The lowest BCUT2D eigenvalue weighted by Gasteiger charge is -2.10. The molecule has 2 N–H and O–H groups in total. The molecule has 2 aromatic carbocycles. The van der Waals surface area contributed by atoms with Crippen LogP contribution in [-0.4, -0.2) is 0 Å². The zero-order valence-corrected chi connectivity index (χ0v) is 11.1. The van der Waals surface area contributed by atoms with Crippen LogP contribution < -0.4 is 10.5 Å². The summed E-state index contributed by atoms with van der Waals surface area (Å²) in [5, 5.41) is 8.77. The van der Waals surface area contributed by atoms with Crippen LogP contribution in [0.4, 0.5) is 5.69 Å². The van der Waals surface area contributed by atoms with E-state index in [9.17, 15) is 0 Å². The van der Waals surface area contributed by atoms with Gasteiger partial charge in [0, 0.05) is 0 Å². The van der Waals surface area contributed by atoms with Gasteiger partial charge in [0.1, 0.15) is 12.4 Å². The Labute approximate surface area is 113 Å². The van der Waals surface area contributed by atoms with Gasteiger partial charge >= 0.3 is 0 Å². The number of nitrogen functional groups attached to an aromatic ring is 1. The van der Waals surface area contributed by atoms with Crippen molar-refractivity contribution < 1.29 is 4.74 Å². The molecule has 0 amide bonds. The van der Waals surface area contributed by atoms with Gasteiger partial charge in [0.05, 0.1) is 17.3 Å². The lowest BCUT2D eigenvalue weighted by atomic mass is 10.1. The molecule has 96 valence electrons. The Balaban J connectivity index is 2.10. The zero-order chi connectivity index (χ0) is 13.8. The number of anilines is 1. The Bertz CT molecular complexity index is 642. The summed E-state index contributed by atoms with van der Waals surface area (Å²) < 4.78 is 5.68. The molecule has 0 bridgehead atoms. The van der Waals surface area contributed by atoms with Crippen LogP contribution >= 0.6 is 0 Å². The maximum atomic E-state index is 8.77. The number of nitrogens with zero attached hydrogens (tertiary/aromatic N) is 1. The first-order valence-corrected chi connectivity index (χ1v) is 6.08. The molecule has 0 fully saturated rings. The van der Waals surface area contributed by atoms with Crippen LogP contribution in [0.25, 0.3) is 0 Å². The quantitative estimate of drug-likeness (QED) is 0.852. The van der Waals surface area contributed by atoms with Crippen molar-refractivity contribution in [2.45, 2.75) is 20.5 Å². The van der Waals surface area contributed by atoms with Gasteiger partial charge in [0.15, 0.2) is 0 Å². The molecule has 0 heterocycles. The molecule has 0 saturated carbocycles. The van der Waals surface area contributed by atoms with E-state index in [2.05, 4.69) is 26.0 Å². The van der Waals surface area contributed by atoms with Gasteiger partial charge in [0.25, 0.3) is 0 Å². The number of nitrogens with two attached hydrogens (primary N) is 1. The van der Waals surface area contributed by atoms with E-state index < -0.39 is 0 Å². The van der Waals surface area contributed by atoms with Crippen LogP contribution in [0.5, 0.6) is 5.75 Å². The Morgan fingerprint density at radius 1 is 1.11 bits per heavy atom. The van der Waals surface area contributed by atoms with Crippen LogP contribution in [0.2, 0.25) is 0 Å². The van der Waals surface area contributed by atoms with E-state index in [1.807, 2.05) is 12.1 Å². The number of benzene rings is 2. The summed E-state index contributed by atoms with van der Waals surface area (Å²) in [6.07, 6.45) is 0. The molecule has 0 aliphatic heterocycles. The van der Waals surface area contributed by atoms with Gasteiger partial charge in [-0.05, 0) is 48.7 Å². The predicted molar refractivity (Wildman–Crippen MR) is 75.8 cm³/mol. The van der Waals surface area contributed by atoms with E-state index in [4.69, 9.17) is 15.7 Å². The lowest BCUT2D eigenvalue weighted by molar-refractivity contribution is 0.308. The molecule has 3 nitrogen and oxygen atoms in total. The fourth-order valence-corrected chi connectivity index (χ4v) is 1.80. The van der Waals surface area contributed by atoms with Gasteiger partial charge in [-0.1, -0.05) is 18.2 Å². The monoisotopic (exact) mass is 252 g/mol. The summed E-state index contributed by atoms with van der Waals surface area (Å²) in [6.45, 7) is 4.63. The minimum atomic E-state index is 0.469. The normalized spacial score (nSPS) is 9.95. The maximum absolute atomic E-state index is 8.77. The molecule has 0 aliphatic rings. The van der Waals surface area contributed by atoms with Crippen molar-refractivity contribution in [3.05, 3.63) is 58.7 Å². The van der Waals surface area contributed by atoms with Crippen molar-refractivity contribution in [2.24, 2.45) is 0 Å². The third kappa shape index (κ3) is 3.05. The van der Waals surface area contributed by atoms with E-state index in [0.29, 0.717) is 23.6 Å². The van der Waals surface area contributed by atoms with Gasteiger partial charge in [-0.15, -0.1) is 0 Å². The van der Waals surface area contributed by atoms with E-state index in [0.717, 1.165) is 5.56 Å². The fourth-order valence-electron chi connectivity index (χ4n) is 1.80. The summed E-state index contributed by atoms with van der Waals surface area (Å²) in [5.41, 5.74) is 10.5. The van der Waals surface area contributed by atoms with Crippen LogP contribution in [0, 0.1) is 25.2 Å². The predicted octanol–water partition coefficient (Wildman–Crippen LogP) is 3.34. The second-order valence-corrected chi connectivity index (χ2v) is 4.57. The van der Waals surface area contributed by atoms with Crippen molar-refractivity contribution >= 4 is 5.69 Å². The molecule has 0 radical (unpaired) electrons. The van der Waals surface area contributed by atoms with E-state index in [1.165, 1.54) is 11.1 Å². The van der Waals surface area contributed by atoms with E-state index >= 15 is 0 Å². The maximum Gasteiger partial charge on any atom is 0.142 e. The molecule has 2 aromatic rings. The molecular weight excluding hydrogens is 236 g/mol. The summed E-state index contributed by atoms with van der Waals surface area (Å²) in [7, 11) is 0. The zero-order valence-electron chi connectivity index (χ0n) is 11.1. The second kappa shape index (κ2) is 5.45. The number of rotatable bonds is 3. The van der Waals surface area contributed by atoms with E-state index in [-0.39, 0.29) is 0 Å². The molecule has 19 heavy (non-hydrogen) atoms. The minimum Gasteiger partial charge on any atom is -0.487 e. The van der Waals surface area contributed by atoms with Crippen molar-refractivity contribution in [1.82, 2.24) is 0 Å². The number of ether oxygens (including phenoxy) is 1. The fraction of sp³-hybridized carbons (Fsp3) is 0.188. The average molecular weight is 252 g/mol. The Morgan fingerprint density at radius 3 is 2.53 bits per heavy atom. The summed E-state index contributed by atoms with van der Waals surface area (Å²) in [6, 6.07) is 13.3. The van der Waals surface area contributed by atoms with Gasteiger partial charge in [-0.2, -0.15) is 5.26 Å². The molecule has 0 aliphatic carbocycles. The molecule has 0 aromatic heterocycles. The number of aryl methyl sites for hydroxylation is 2. The first kappa shape index (κ1) is 13.0. The molecule has 0 saturated heterocycles. The first-order chi connectivity index (χ1) is 9.10. The van der Waals surface area contributed by atoms with Gasteiger partial charge in [-0.3, -0.25) is 0 Å². The molecule has 0 spiro atoms. The molecular formula is C16H16N2O. The first-order valence-electron chi connectivity index (χ1n) is 6.08. The SMILES string of the molecule is Cc1ccc(COc2ccc(C#N)cc2N)cc1C. The van der Waals surface area contributed by atoms with Crippen molar-refractivity contribution in [3.63, 3.8) is 0 Å². The van der Waals surface area contributed by atoms with Crippen LogP contribution in [-0.2, 0) is 6.61 Å². The molecule has 0 atom stereocenters. The van der Waals surface area contributed by atoms with Gasteiger partial charge in [0.2, 0.25) is 0 Å². The lowest BCUT2D eigenvalue weighted by Crippen LogP contribution is -1.99.